The molecule has 0 amide bonds. The van der Waals surface area contributed by atoms with Crippen molar-refractivity contribution in [3.63, 3.8) is 0 Å². The van der Waals surface area contributed by atoms with Gasteiger partial charge in [-0.1, -0.05) is 41.9 Å². The topological polar surface area (TPSA) is 4.93 Å². The summed E-state index contributed by atoms with van der Waals surface area (Å²) in [7, 11) is 0. The van der Waals surface area contributed by atoms with E-state index in [1.165, 1.54) is 49.7 Å². The molecule has 0 unspecified atom stereocenters. The highest BCUT2D eigenvalue weighted by Gasteiger charge is 2.51. The molecule has 0 N–H and O–H groups in total. The Morgan fingerprint density at radius 3 is 2.05 bits per heavy atom. The summed E-state index contributed by atoms with van der Waals surface area (Å²) in [6, 6.07) is 10.6. The zero-order chi connectivity index (χ0) is 14.7. The number of hydrogen-bond donors (Lipinski definition) is 0. The number of aromatic nitrogens is 1. The van der Waals surface area contributed by atoms with Gasteiger partial charge in [-0.2, -0.15) is 0 Å². The van der Waals surface area contributed by atoms with Crippen molar-refractivity contribution in [2.75, 3.05) is 0 Å². The number of halogens is 1. The fourth-order valence-electron chi connectivity index (χ4n) is 5.91. The third-order valence-electron chi connectivity index (χ3n) is 6.42. The van der Waals surface area contributed by atoms with E-state index in [0.717, 1.165) is 22.8 Å². The summed E-state index contributed by atoms with van der Waals surface area (Å²) >= 11 is 6.60. The van der Waals surface area contributed by atoms with E-state index in [-0.39, 0.29) is 0 Å². The first-order valence-electron chi connectivity index (χ1n) is 8.65. The van der Waals surface area contributed by atoms with Gasteiger partial charge in [0, 0.05) is 23.5 Å². The molecule has 0 spiro atoms. The molecule has 0 radical (unpaired) electrons. The van der Waals surface area contributed by atoms with Crippen LogP contribution >= 0.6 is 11.6 Å². The second-order valence-corrected chi connectivity index (χ2v) is 8.34. The summed E-state index contributed by atoms with van der Waals surface area (Å²) in [6.07, 6.45) is 13.1. The maximum Gasteiger partial charge on any atom is 0.0661 e. The van der Waals surface area contributed by atoms with Crippen LogP contribution in [0.5, 0.6) is 0 Å². The average Bonchev–Trinajstić information content (AvgIpc) is 2.90. The molecule has 4 fully saturated rings. The second kappa shape index (κ2) is 4.64. The molecule has 6 rings (SSSR count). The van der Waals surface area contributed by atoms with Crippen LogP contribution in [0.15, 0.2) is 42.7 Å². The van der Waals surface area contributed by atoms with E-state index in [0.29, 0.717) is 5.54 Å². The highest BCUT2D eigenvalue weighted by molar-refractivity contribution is 6.33. The molecule has 4 bridgehead atoms. The average molecular weight is 312 g/mol. The molecule has 1 aromatic carbocycles. The van der Waals surface area contributed by atoms with Gasteiger partial charge in [-0.15, -0.1) is 0 Å². The first-order chi connectivity index (χ1) is 10.7. The van der Waals surface area contributed by atoms with Crippen molar-refractivity contribution in [2.24, 2.45) is 17.8 Å². The highest BCUT2D eigenvalue weighted by Crippen LogP contribution is 2.59. The Morgan fingerprint density at radius 1 is 0.864 bits per heavy atom. The summed E-state index contributed by atoms with van der Waals surface area (Å²) in [6.45, 7) is 0. The maximum absolute atomic E-state index is 6.60. The van der Waals surface area contributed by atoms with Gasteiger partial charge in [0.15, 0.2) is 0 Å². The minimum absolute atomic E-state index is 0.366. The minimum Gasteiger partial charge on any atom is -0.346 e. The molecular weight excluding hydrogens is 290 g/mol. The first kappa shape index (κ1) is 13.2. The number of nitrogens with zero attached hydrogens (tertiary/aromatic N) is 1. The van der Waals surface area contributed by atoms with Crippen molar-refractivity contribution in [3.05, 3.63) is 47.7 Å². The molecule has 114 valence electrons. The quantitative estimate of drug-likeness (QED) is 0.667. The van der Waals surface area contributed by atoms with Crippen LogP contribution in [0.1, 0.15) is 38.5 Å². The Bertz CT molecular complexity index is 664. The normalized spacial score (nSPS) is 36.0. The van der Waals surface area contributed by atoms with E-state index < -0.39 is 0 Å². The van der Waals surface area contributed by atoms with Crippen LogP contribution in [0.2, 0.25) is 5.02 Å². The Kier molecular flexibility index (Phi) is 2.80. The third kappa shape index (κ3) is 1.91. The SMILES string of the molecule is Clc1cn(C23CC4CC(CC(C4)C2)C3)cc1-c1ccccc1. The van der Waals surface area contributed by atoms with Crippen molar-refractivity contribution < 1.29 is 0 Å². The summed E-state index contributed by atoms with van der Waals surface area (Å²) in [5.74, 6) is 2.90. The molecule has 1 heterocycles. The van der Waals surface area contributed by atoms with Crippen molar-refractivity contribution in [3.8, 4) is 11.1 Å². The molecule has 0 saturated heterocycles. The molecule has 4 saturated carbocycles. The van der Waals surface area contributed by atoms with Gasteiger partial charge in [0.25, 0.3) is 0 Å². The zero-order valence-electron chi connectivity index (χ0n) is 12.8. The highest BCUT2D eigenvalue weighted by atomic mass is 35.5. The summed E-state index contributed by atoms with van der Waals surface area (Å²) < 4.78 is 2.50. The van der Waals surface area contributed by atoms with Gasteiger partial charge in [-0.25, -0.2) is 0 Å². The lowest BCUT2D eigenvalue weighted by molar-refractivity contribution is -0.0428. The minimum atomic E-state index is 0.366. The number of rotatable bonds is 2. The summed E-state index contributed by atoms with van der Waals surface area (Å²) in [5.41, 5.74) is 2.79. The molecular formula is C20H22ClN. The molecule has 0 atom stereocenters. The van der Waals surface area contributed by atoms with Gasteiger partial charge in [0.1, 0.15) is 0 Å². The lowest BCUT2D eigenvalue weighted by atomic mass is 9.53. The molecule has 4 aliphatic rings. The van der Waals surface area contributed by atoms with Gasteiger partial charge < -0.3 is 4.57 Å². The fourth-order valence-corrected chi connectivity index (χ4v) is 6.18. The summed E-state index contributed by atoms with van der Waals surface area (Å²) in [4.78, 5) is 0. The van der Waals surface area contributed by atoms with E-state index in [9.17, 15) is 0 Å². The standard InChI is InChI=1S/C20H22ClN/c21-19-13-22(12-18(19)17-4-2-1-3-5-17)20-9-14-6-15(10-20)8-16(7-14)11-20/h1-5,12-16H,6-11H2. The Hall–Kier alpha value is -1.21. The van der Waals surface area contributed by atoms with Crippen LogP contribution in [-0.2, 0) is 5.54 Å². The fraction of sp³-hybridized carbons (Fsp3) is 0.500. The van der Waals surface area contributed by atoms with Crippen LogP contribution in [0, 0.1) is 17.8 Å². The smallest absolute Gasteiger partial charge is 0.0661 e. The third-order valence-corrected chi connectivity index (χ3v) is 6.72. The molecule has 0 aliphatic heterocycles. The van der Waals surface area contributed by atoms with Gasteiger partial charge in [-0.05, 0) is 61.8 Å². The van der Waals surface area contributed by atoms with Crippen molar-refractivity contribution in [2.45, 2.75) is 44.1 Å². The molecule has 2 aromatic rings. The van der Waals surface area contributed by atoms with Gasteiger partial charge in [0.05, 0.1) is 5.02 Å². The Labute approximate surface area is 137 Å². The van der Waals surface area contributed by atoms with E-state index in [1.54, 1.807) is 0 Å². The Morgan fingerprint density at radius 2 is 1.45 bits per heavy atom. The predicted molar refractivity (Wildman–Crippen MR) is 91.0 cm³/mol. The second-order valence-electron chi connectivity index (χ2n) is 7.94. The number of benzene rings is 1. The van der Waals surface area contributed by atoms with Gasteiger partial charge >= 0.3 is 0 Å². The van der Waals surface area contributed by atoms with Crippen LogP contribution < -0.4 is 0 Å². The van der Waals surface area contributed by atoms with E-state index in [2.05, 4.69) is 47.3 Å². The van der Waals surface area contributed by atoms with Crippen LogP contribution in [0.4, 0.5) is 0 Å². The van der Waals surface area contributed by atoms with Crippen LogP contribution in [-0.4, -0.2) is 4.57 Å². The zero-order valence-corrected chi connectivity index (χ0v) is 13.6. The van der Waals surface area contributed by atoms with Crippen LogP contribution in [0.25, 0.3) is 11.1 Å². The largest absolute Gasteiger partial charge is 0.346 e. The first-order valence-corrected chi connectivity index (χ1v) is 9.03. The van der Waals surface area contributed by atoms with E-state index in [4.69, 9.17) is 11.6 Å². The molecule has 1 aromatic heterocycles. The maximum atomic E-state index is 6.60. The van der Waals surface area contributed by atoms with Gasteiger partial charge in [-0.3, -0.25) is 0 Å². The molecule has 2 heteroatoms. The molecule has 22 heavy (non-hydrogen) atoms. The van der Waals surface area contributed by atoms with E-state index in [1.807, 2.05) is 0 Å². The predicted octanol–water partition coefficient (Wildman–Crippen LogP) is 5.73. The van der Waals surface area contributed by atoms with Crippen molar-refractivity contribution in [1.29, 1.82) is 0 Å². The van der Waals surface area contributed by atoms with Crippen molar-refractivity contribution in [1.82, 2.24) is 4.57 Å². The molecule has 4 aliphatic carbocycles. The van der Waals surface area contributed by atoms with Gasteiger partial charge in [0.2, 0.25) is 0 Å². The van der Waals surface area contributed by atoms with E-state index >= 15 is 0 Å². The molecule has 1 nitrogen and oxygen atoms in total. The van der Waals surface area contributed by atoms with Crippen molar-refractivity contribution >= 4 is 11.6 Å². The van der Waals surface area contributed by atoms with Crippen LogP contribution in [0.3, 0.4) is 0 Å². The summed E-state index contributed by atoms with van der Waals surface area (Å²) in [5, 5.41) is 0.905. The lowest BCUT2D eigenvalue weighted by Gasteiger charge is -2.57. The Balaban J connectivity index is 1.57. The monoisotopic (exact) mass is 311 g/mol. The lowest BCUT2D eigenvalue weighted by Crippen LogP contribution is -2.51. The number of hydrogen-bond acceptors (Lipinski definition) is 0.